The first kappa shape index (κ1) is 17.7. The number of halogens is 2. The lowest BCUT2D eigenvalue weighted by atomic mass is 10.2. The highest BCUT2D eigenvalue weighted by atomic mass is 35.5. The van der Waals surface area contributed by atoms with Gasteiger partial charge in [-0.05, 0) is 41.0 Å². The quantitative estimate of drug-likeness (QED) is 0.614. The molecule has 3 rings (SSSR count). The summed E-state index contributed by atoms with van der Waals surface area (Å²) < 4.78 is 5.79. The molecule has 128 valence electrons. The molecule has 1 aromatic heterocycles. The second kappa shape index (κ2) is 8.86. The molecule has 0 saturated carbocycles. The summed E-state index contributed by atoms with van der Waals surface area (Å²) in [6, 6.07) is 17.6. The lowest BCUT2D eigenvalue weighted by Crippen LogP contribution is -2.12. The molecule has 3 nitrogen and oxygen atoms in total. The maximum absolute atomic E-state index is 6.35. The lowest BCUT2D eigenvalue weighted by molar-refractivity contribution is 0.306. The average molecular weight is 373 g/mol. The number of benzene rings is 2. The third kappa shape index (κ3) is 5.20. The van der Waals surface area contributed by atoms with E-state index in [4.69, 9.17) is 27.9 Å². The SMILES string of the molecule is Clc1cc(CNCc2ccncc2)cc(Cl)c1OCc1ccccc1. The van der Waals surface area contributed by atoms with Crippen molar-refractivity contribution in [2.24, 2.45) is 0 Å². The van der Waals surface area contributed by atoms with Crippen LogP contribution in [0.5, 0.6) is 5.75 Å². The van der Waals surface area contributed by atoms with Crippen molar-refractivity contribution < 1.29 is 4.74 Å². The zero-order valence-electron chi connectivity index (χ0n) is 13.6. The maximum atomic E-state index is 6.35. The zero-order chi connectivity index (χ0) is 17.5. The van der Waals surface area contributed by atoms with E-state index in [-0.39, 0.29) is 0 Å². The van der Waals surface area contributed by atoms with Crippen LogP contribution in [0.2, 0.25) is 10.0 Å². The van der Waals surface area contributed by atoms with Crippen LogP contribution in [0.15, 0.2) is 67.0 Å². The van der Waals surface area contributed by atoms with E-state index in [1.165, 1.54) is 5.56 Å². The van der Waals surface area contributed by atoms with Gasteiger partial charge in [-0.25, -0.2) is 0 Å². The van der Waals surface area contributed by atoms with Crippen LogP contribution in [0, 0.1) is 0 Å². The van der Waals surface area contributed by atoms with Crippen molar-refractivity contribution in [2.75, 3.05) is 0 Å². The van der Waals surface area contributed by atoms with Crippen molar-refractivity contribution in [3.05, 3.63) is 93.7 Å². The molecule has 0 radical (unpaired) electrons. The molecule has 2 aromatic carbocycles. The van der Waals surface area contributed by atoms with Gasteiger partial charge < -0.3 is 10.1 Å². The van der Waals surface area contributed by atoms with Crippen molar-refractivity contribution in [1.82, 2.24) is 10.3 Å². The fourth-order valence-electron chi connectivity index (χ4n) is 2.43. The number of ether oxygens (including phenoxy) is 1. The number of hydrogen-bond donors (Lipinski definition) is 1. The third-order valence-electron chi connectivity index (χ3n) is 3.69. The Bertz CT molecular complexity index is 787. The first-order valence-electron chi connectivity index (χ1n) is 7.96. The average Bonchev–Trinajstić information content (AvgIpc) is 2.63. The fourth-order valence-corrected chi connectivity index (χ4v) is 3.08. The Morgan fingerprint density at radius 2 is 1.44 bits per heavy atom. The Kier molecular flexibility index (Phi) is 6.29. The summed E-state index contributed by atoms with van der Waals surface area (Å²) in [4.78, 5) is 4.01. The Balaban J connectivity index is 1.59. The number of hydrogen-bond acceptors (Lipinski definition) is 3. The molecule has 0 aliphatic carbocycles. The van der Waals surface area contributed by atoms with E-state index in [0.717, 1.165) is 17.7 Å². The van der Waals surface area contributed by atoms with Gasteiger partial charge in [-0.3, -0.25) is 4.98 Å². The molecule has 0 aliphatic heterocycles. The molecule has 0 atom stereocenters. The molecular weight excluding hydrogens is 355 g/mol. The standard InChI is InChI=1S/C20H18Cl2N2O/c21-18-10-17(13-24-12-15-6-8-23-9-7-15)11-19(22)20(18)25-14-16-4-2-1-3-5-16/h1-11,24H,12-14H2. The minimum absolute atomic E-state index is 0.430. The summed E-state index contributed by atoms with van der Waals surface area (Å²) >= 11 is 12.7. The number of pyridine rings is 1. The third-order valence-corrected chi connectivity index (χ3v) is 4.25. The van der Waals surface area contributed by atoms with Crippen LogP contribution in [0.3, 0.4) is 0 Å². The predicted octanol–water partition coefficient (Wildman–Crippen LogP) is 5.26. The summed E-state index contributed by atoms with van der Waals surface area (Å²) in [5, 5.41) is 4.40. The Labute approximate surface area is 157 Å². The molecule has 0 spiro atoms. The second-order valence-corrected chi connectivity index (χ2v) is 6.44. The molecule has 25 heavy (non-hydrogen) atoms. The summed E-state index contributed by atoms with van der Waals surface area (Å²) in [5.74, 6) is 0.519. The molecular formula is C20H18Cl2N2O. The van der Waals surface area contributed by atoms with E-state index >= 15 is 0 Å². The summed E-state index contributed by atoms with van der Waals surface area (Å²) in [6.45, 7) is 1.85. The Morgan fingerprint density at radius 3 is 2.12 bits per heavy atom. The minimum Gasteiger partial charge on any atom is -0.486 e. The number of rotatable bonds is 7. The van der Waals surface area contributed by atoms with E-state index in [9.17, 15) is 0 Å². The number of nitrogens with zero attached hydrogens (tertiary/aromatic N) is 1. The minimum atomic E-state index is 0.430. The first-order chi connectivity index (χ1) is 12.2. The second-order valence-electron chi connectivity index (χ2n) is 5.62. The molecule has 0 unspecified atom stereocenters. The van der Waals surface area contributed by atoms with Gasteiger partial charge in [0.25, 0.3) is 0 Å². The van der Waals surface area contributed by atoms with Crippen LogP contribution in [0.1, 0.15) is 16.7 Å². The molecule has 0 fully saturated rings. The van der Waals surface area contributed by atoms with E-state index in [2.05, 4.69) is 10.3 Å². The van der Waals surface area contributed by atoms with Crippen molar-refractivity contribution in [3.8, 4) is 5.75 Å². The molecule has 0 amide bonds. The van der Waals surface area contributed by atoms with Gasteiger partial charge >= 0.3 is 0 Å². The Morgan fingerprint density at radius 1 is 0.800 bits per heavy atom. The Hall–Kier alpha value is -2.07. The highest BCUT2D eigenvalue weighted by Gasteiger charge is 2.10. The monoisotopic (exact) mass is 372 g/mol. The van der Waals surface area contributed by atoms with Gasteiger partial charge in [0.1, 0.15) is 6.61 Å². The van der Waals surface area contributed by atoms with Gasteiger partial charge in [-0.2, -0.15) is 0 Å². The van der Waals surface area contributed by atoms with E-state index in [1.54, 1.807) is 12.4 Å². The van der Waals surface area contributed by atoms with Crippen LogP contribution >= 0.6 is 23.2 Å². The highest BCUT2D eigenvalue weighted by Crippen LogP contribution is 2.34. The van der Waals surface area contributed by atoms with Crippen molar-refractivity contribution in [2.45, 2.75) is 19.7 Å². The highest BCUT2D eigenvalue weighted by molar-refractivity contribution is 6.37. The smallest absolute Gasteiger partial charge is 0.156 e. The van der Waals surface area contributed by atoms with Gasteiger partial charge in [0.05, 0.1) is 10.0 Å². The van der Waals surface area contributed by atoms with Crippen LogP contribution in [-0.4, -0.2) is 4.98 Å². The van der Waals surface area contributed by atoms with Crippen molar-refractivity contribution >= 4 is 23.2 Å². The molecule has 1 heterocycles. The predicted molar refractivity (Wildman–Crippen MR) is 102 cm³/mol. The maximum Gasteiger partial charge on any atom is 0.156 e. The summed E-state index contributed by atoms with van der Waals surface area (Å²) in [5.41, 5.74) is 3.25. The first-order valence-corrected chi connectivity index (χ1v) is 8.72. The topological polar surface area (TPSA) is 34.2 Å². The summed E-state index contributed by atoms with van der Waals surface area (Å²) in [6.07, 6.45) is 3.56. The van der Waals surface area contributed by atoms with Gasteiger partial charge in [0.15, 0.2) is 5.75 Å². The zero-order valence-corrected chi connectivity index (χ0v) is 15.1. The van der Waals surface area contributed by atoms with Crippen LogP contribution in [-0.2, 0) is 19.7 Å². The number of aromatic nitrogens is 1. The molecule has 0 saturated heterocycles. The van der Waals surface area contributed by atoms with Crippen molar-refractivity contribution in [3.63, 3.8) is 0 Å². The number of nitrogens with one attached hydrogen (secondary N) is 1. The van der Waals surface area contributed by atoms with E-state index < -0.39 is 0 Å². The molecule has 0 aliphatic rings. The van der Waals surface area contributed by atoms with Gasteiger partial charge in [0.2, 0.25) is 0 Å². The largest absolute Gasteiger partial charge is 0.486 e. The molecule has 3 aromatic rings. The van der Waals surface area contributed by atoms with Crippen molar-refractivity contribution in [1.29, 1.82) is 0 Å². The molecule has 1 N–H and O–H groups in total. The summed E-state index contributed by atoms with van der Waals surface area (Å²) in [7, 11) is 0. The fraction of sp³-hybridized carbons (Fsp3) is 0.150. The molecule has 5 heteroatoms. The van der Waals surface area contributed by atoms with Crippen LogP contribution in [0.4, 0.5) is 0 Å². The van der Waals surface area contributed by atoms with Gasteiger partial charge in [-0.1, -0.05) is 53.5 Å². The van der Waals surface area contributed by atoms with Crippen LogP contribution in [0.25, 0.3) is 0 Å². The van der Waals surface area contributed by atoms with Gasteiger partial charge in [-0.15, -0.1) is 0 Å². The van der Waals surface area contributed by atoms with Crippen LogP contribution < -0.4 is 10.1 Å². The molecule has 0 bridgehead atoms. The van der Waals surface area contributed by atoms with E-state index in [1.807, 2.05) is 54.6 Å². The van der Waals surface area contributed by atoms with E-state index in [0.29, 0.717) is 28.9 Å². The van der Waals surface area contributed by atoms with Gasteiger partial charge in [0, 0.05) is 25.5 Å². The lowest BCUT2D eigenvalue weighted by Gasteiger charge is -2.12. The normalized spacial score (nSPS) is 10.6.